The number of benzene rings is 2. The van der Waals surface area contributed by atoms with E-state index in [1.54, 1.807) is 19.2 Å². The molecule has 134 valence electrons. The van der Waals surface area contributed by atoms with Gasteiger partial charge in [0, 0.05) is 5.02 Å². The molecule has 0 aliphatic heterocycles. The number of anilines is 1. The molecule has 0 heterocycles. The first-order chi connectivity index (χ1) is 12.0. The summed E-state index contributed by atoms with van der Waals surface area (Å²) in [5.74, 6) is 1.36. The molecule has 1 unspecified atom stereocenters. The average Bonchev–Trinajstić information content (AvgIpc) is 2.57. The van der Waals surface area contributed by atoms with Crippen LogP contribution >= 0.6 is 11.6 Å². The minimum absolute atomic E-state index is 0.0621. The van der Waals surface area contributed by atoms with E-state index in [1.807, 2.05) is 44.3 Å². The second kappa shape index (κ2) is 9.30. The lowest BCUT2D eigenvalue weighted by Gasteiger charge is -2.15. The van der Waals surface area contributed by atoms with Gasteiger partial charge < -0.3 is 19.7 Å². The van der Waals surface area contributed by atoms with Crippen LogP contribution < -0.4 is 19.7 Å². The number of rotatable bonds is 8. The molecule has 25 heavy (non-hydrogen) atoms. The molecule has 0 spiro atoms. The van der Waals surface area contributed by atoms with Crippen LogP contribution in [0.1, 0.15) is 5.56 Å². The molecule has 1 amide bonds. The van der Waals surface area contributed by atoms with Crippen LogP contribution in [0.15, 0.2) is 42.5 Å². The highest BCUT2D eigenvalue weighted by Crippen LogP contribution is 2.24. The van der Waals surface area contributed by atoms with Crippen molar-refractivity contribution in [1.82, 2.24) is 0 Å². The van der Waals surface area contributed by atoms with Crippen molar-refractivity contribution in [2.24, 2.45) is 0 Å². The number of carbonyl (C=O) groups is 1. The molecule has 0 saturated heterocycles. The van der Waals surface area contributed by atoms with Gasteiger partial charge in [-0.3, -0.25) is 4.79 Å². The van der Waals surface area contributed by atoms with E-state index in [-0.39, 0.29) is 5.91 Å². The van der Waals surface area contributed by atoms with Gasteiger partial charge in [0.2, 0.25) is 0 Å². The number of ether oxygens (including phenoxy) is 2. The smallest absolute Gasteiger partial charge is 0.279 e. The summed E-state index contributed by atoms with van der Waals surface area (Å²) in [6.45, 7) is 3.55. The first-order valence-corrected chi connectivity index (χ1v) is 8.50. The molecule has 2 N–H and O–H groups in total. The Morgan fingerprint density at radius 3 is 2.60 bits per heavy atom. The Bertz CT molecular complexity index is 704. The Labute approximate surface area is 153 Å². The van der Waals surface area contributed by atoms with Crippen molar-refractivity contribution < 1.29 is 19.2 Å². The fraction of sp³-hybridized carbons (Fsp3) is 0.316. The summed E-state index contributed by atoms with van der Waals surface area (Å²) in [5, 5.41) is 3.59. The largest absolute Gasteiger partial charge is 0.495 e. The topological polar surface area (TPSA) is 52.0 Å². The number of aryl methyl sites for hydroxylation is 1. The summed E-state index contributed by atoms with van der Waals surface area (Å²) in [6, 6.07) is 12.9. The predicted molar refractivity (Wildman–Crippen MR) is 99.9 cm³/mol. The van der Waals surface area contributed by atoms with Crippen molar-refractivity contribution in [1.29, 1.82) is 0 Å². The van der Waals surface area contributed by atoms with Gasteiger partial charge >= 0.3 is 0 Å². The van der Waals surface area contributed by atoms with Gasteiger partial charge in [-0.25, -0.2) is 0 Å². The Balaban J connectivity index is 1.78. The van der Waals surface area contributed by atoms with Gasteiger partial charge in [-0.15, -0.1) is 0 Å². The van der Waals surface area contributed by atoms with Crippen LogP contribution in [0, 0.1) is 6.92 Å². The molecule has 2 rings (SSSR count). The Hall–Kier alpha value is -2.24. The summed E-state index contributed by atoms with van der Waals surface area (Å²) in [7, 11) is 3.55. The van der Waals surface area contributed by atoms with Gasteiger partial charge in [0.1, 0.15) is 24.7 Å². The molecular weight excluding hydrogens is 340 g/mol. The highest BCUT2D eigenvalue weighted by Gasteiger charge is 2.13. The lowest BCUT2D eigenvalue weighted by atomic mass is 10.2. The molecule has 0 aliphatic rings. The second-order valence-electron chi connectivity index (χ2n) is 5.94. The van der Waals surface area contributed by atoms with E-state index in [0.717, 1.165) is 16.2 Å². The minimum Gasteiger partial charge on any atom is -0.495 e. The normalized spacial score (nSPS) is 11.7. The maximum atomic E-state index is 12.2. The number of halogens is 1. The molecule has 2 aromatic rings. The first-order valence-electron chi connectivity index (χ1n) is 8.12. The van der Waals surface area contributed by atoms with Gasteiger partial charge in [-0.1, -0.05) is 17.7 Å². The zero-order valence-electron chi connectivity index (χ0n) is 14.8. The molecule has 0 saturated carbocycles. The highest BCUT2D eigenvalue weighted by atomic mass is 35.5. The van der Waals surface area contributed by atoms with Gasteiger partial charge in [0.05, 0.1) is 19.8 Å². The summed E-state index contributed by atoms with van der Waals surface area (Å²) in [5.41, 5.74) is 1.76. The fourth-order valence-corrected chi connectivity index (χ4v) is 2.48. The molecule has 5 nitrogen and oxygen atoms in total. The number of hydrogen-bond donors (Lipinski definition) is 2. The molecule has 0 aliphatic carbocycles. The van der Waals surface area contributed by atoms with Crippen LogP contribution in [0.25, 0.3) is 0 Å². The van der Waals surface area contributed by atoms with E-state index in [4.69, 9.17) is 21.1 Å². The van der Waals surface area contributed by atoms with Crippen molar-refractivity contribution in [3.05, 3.63) is 53.1 Å². The molecule has 0 radical (unpaired) electrons. The number of hydrogen-bond acceptors (Lipinski definition) is 3. The first kappa shape index (κ1) is 19.1. The molecule has 0 bridgehead atoms. The van der Waals surface area contributed by atoms with Crippen LogP contribution in [0.2, 0.25) is 5.02 Å². The van der Waals surface area contributed by atoms with E-state index in [9.17, 15) is 4.79 Å². The monoisotopic (exact) mass is 363 g/mol. The molecule has 0 aromatic heterocycles. The molecule has 1 atom stereocenters. The molecule has 2 aromatic carbocycles. The maximum absolute atomic E-state index is 12.2. The quantitative estimate of drug-likeness (QED) is 0.756. The third-order valence-corrected chi connectivity index (χ3v) is 3.95. The van der Waals surface area contributed by atoms with E-state index in [1.165, 1.54) is 0 Å². The van der Waals surface area contributed by atoms with Gasteiger partial charge in [0.15, 0.2) is 6.54 Å². The number of likely N-dealkylation sites (N-methyl/N-ethyl adjacent to an activating group) is 1. The second-order valence-corrected chi connectivity index (χ2v) is 6.37. The van der Waals surface area contributed by atoms with Crippen LogP contribution in [-0.4, -0.2) is 39.8 Å². The van der Waals surface area contributed by atoms with Crippen LogP contribution in [-0.2, 0) is 4.79 Å². The average molecular weight is 364 g/mol. The van der Waals surface area contributed by atoms with E-state index in [2.05, 4.69) is 5.32 Å². The summed E-state index contributed by atoms with van der Waals surface area (Å²) < 4.78 is 10.9. The summed E-state index contributed by atoms with van der Waals surface area (Å²) in [6.07, 6.45) is 0. The Kier molecular flexibility index (Phi) is 7.10. The minimum atomic E-state index is -0.0621. The standard InChI is InChI=1S/C19H23ClN2O3/c1-14-4-9-18(24-3)17(12-14)21-19(23)13-22(2)10-11-25-16-7-5-15(20)6-8-16/h4-9,12H,10-11,13H2,1-3H3,(H,21,23)/p+1. The highest BCUT2D eigenvalue weighted by molar-refractivity contribution is 6.30. The SMILES string of the molecule is COc1ccc(C)cc1NC(=O)C[NH+](C)CCOc1ccc(Cl)cc1. The lowest BCUT2D eigenvalue weighted by molar-refractivity contribution is -0.871. The van der Waals surface area contributed by atoms with Gasteiger partial charge in [0.25, 0.3) is 5.91 Å². The zero-order valence-corrected chi connectivity index (χ0v) is 15.5. The van der Waals surface area contributed by atoms with Crippen LogP contribution in [0.5, 0.6) is 11.5 Å². The van der Waals surface area contributed by atoms with Crippen molar-refractivity contribution in [3.63, 3.8) is 0 Å². The van der Waals surface area contributed by atoms with Crippen molar-refractivity contribution in [3.8, 4) is 11.5 Å². The Morgan fingerprint density at radius 2 is 1.92 bits per heavy atom. The van der Waals surface area contributed by atoms with Gasteiger partial charge in [-0.2, -0.15) is 0 Å². The number of nitrogens with one attached hydrogen (secondary N) is 2. The molecule has 6 heteroatoms. The molecule has 0 fully saturated rings. The summed E-state index contributed by atoms with van der Waals surface area (Å²) >= 11 is 5.84. The number of quaternary nitrogens is 1. The third-order valence-electron chi connectivity index (χ3n) is 3.70. The Morgan fingerprint density at radius 1 is 1.20 bits per heavy atom. The lowest BCUT2D eigenvalue weighted by Crippen LogP contribution is -3.10. The van der Waals surface area contributed by atoms with Crippen molar-refractivity contribution in [2.75, 3.05) is 39.2 Å². The van der Waals surface area contributed by atoms with Gasteiger partial charge in [-0.05, 0) is 48.9 Å². The van der Waals surface area contributed by atoms with Crippen LogP contribution in [0.3, 0.4) is 0 Å². The number of amides is 1. The fourth-order valence-electron chi connectivity index (χ4n) is 2.35. The van der Waals surface area contributed by atoms with E-state index < -0.39 is 0 Å². The number of carbonyl (C=O) groups excluding carboxylic acids is 1. The maximum Gasteiger partial charge on any atom is 0.279 e. The molecular formula is C19H24ClN2O3+. The van der Waals surface area contributed by atoms with E-state index in [0.29, 0.717) is 36.2 Å². The van der Waals surface area contributed by atoms with Crippen molar-refractivity contribution in [2.45, 2.75) is 6.92 Å². The van der Waals surface area contributed by atoms with E-state index >= 15 is 0 Å². The third kappa shape index (κ3) is 6.29. The zero-order chi connectivity index (χ0) is 18.2. The summed E-state index contributed by atoms with van der Waals surface area (Å²) in [4.78, 5) is 13.3. The predicted octanol–water partition coefficient (Wildman–Crippen LogP) is 2.19. The van der Waals surface area contributed by atoms with Crippen LogP contribution in [0.4, 0.5) is 5.69 Å². The van der Waals surface area contributed by atoms with Crippen molar-refractivity contribution >= 4 is 23.2 Å². The number of methoxy groups -OCH3 is 1.